The number of benzene rings is 1. The van der Waals surface area contributed by atoms with Crippen molar-refractivity contribution >= 4 is 0 Å². The first-order chi connectivity index (χ1) is 14.4. The van der Waals surface area contributed by atoms with Gasteiger partial charge in [0.25, 0.3) is 0 Å². The van der Waals surface area contributed by atoms with Gasteiger partial charge in [-0.05, 0) is 42.5 Å². The number of hydrogen-bond donors (Lipinski definition) is 1. The first kappa shape index (κ1) is 20.1. The molecule has 3 aromatic rings. The molecule has 3 heterocycles. The standard InChI is InChI=1S/C21H17F4N3O2/c22-17-2-1-7-27-19(17)9-16-11-26-10-14-8-18(28-12-20(14)29-16)13-3-5-15(6-4-13)30-21(23,24)25/h1-8,12,16,26H,9-11H2. The van der Waals surface area contributed by atoms with E-state index in [1.54, 1.807) is 6.20 Å². The highest BCUT2D eigenvalue weighted by Gasteiger charge is 2.31. The van der Waals surface area contributed by atoms with Crippen molar-refractivity contribution in [2.45, 2.75) is 25.4 Å². The largest absolute Gasteiger partial charge is 0.573 e. The molecule has 0 saturated carbocycles. The average Bonchev–Trinajstić information content (AvgIpc) is 2.90. The Balaban J connectivity index is 1.50. The van der Waals surface area contributed by atoms with E-state index in [0.717, 1.165) is 5.56 Å². The van der Waals surface area contributed by atoms with Crippen LogP contribution in [0.3, 0.4) is 0 Å². The Hall–Kier alpha value is -3.20. The lowest BCUT2D eigenvalue weighted by molar-refractivity contribution is -0.274. The second-order valence-corrected chi connectivity index (χ2v) is 6.76. The van der Waals surface area contributed by atoms with Crippen LogP contribution in [0.5, 0.6) is 11.5 Å². The third-order valence-corrected chi connectivity index (χ3v) is 4.57. The summed E-state index contributed by atoms with van der Waals surface area (Å²) in [5.74, 6) is -0.102. The molecule has 0 fully saturated rings. The Morgan fingerprint density at radius 2 is 1.93 bits per heavy atom. The Kier molecular flexibility index (Phi) is 5.54. The van der Waals surface area contributed by atoms with Crippen LogP contribution in [0.25, 0.3) is 11.3 Å². The van der Waals surface area contributed by atoms with Gasteiger partial charge in [0.15, 0.2) is 0 Å². The Labute approximate surface area is 169 Å². The van der Waals surface area contributed by atoms with Gasteiger partial charge in [-0.1, -0.05) is 0 Å². The quantitative estimate of drug-likeness (QED) is 0.640. The molecular formula is C21H17F4N3O2. The fourth-order valence-electron chi connectivity index (χ4n) is 3.20. The smallest absolute Gasteiger partial charge is 0.487 e. The van der Waals surface area contributed by atoms with Crippen molar-refractivity contribution in [2.75, 3.05) is 6.54 Å². The van der Waals surface area contributed by atoms with Crippen molar-refractivity contribution in [1.29, 1.82) is 0 Å². The zero-order chi connectivity index (χ0) is 21.1. The molecule has 1 aliphatic rings. The summed E-state index contributed by atoms with van der Waals surface area (Å²) < 4.78 is 60.7. The van der Waals surface area contributed by atoms with Crippen molar-refractivity contribution in [1.82, 2.24) is 15.3 Å². The number of pyridine rings is 2. The zero-order valence-corrected chi connectivity index (χ0v) is 15.6. The Morgan fingerprint density at radius 3 is 2.67 bits per heavy atom. The normalized spacial score (nSPS) is 16.3. The molecule has 156 valence electrons. The van der Waals surface area contributed by atoms with Crippen molar-refractivity contribution in [3.8, 4) is 22.8 Å². The van der Waals surface area contributed by atoms with Crippen LogP contribution in [-0.4, -0.2) is 29.0 Å². The van der Waals surface area contributed by atoms with Crippen molar-refractivity contribution in [2.24, 2.45) is 0 Å². The summed E-state index contributed by atoms with van der Waals surface area (Å²) in [6.07, 6.45) is -1.64. The van der Waals surface area contributed by atoms with E-state index in [2.05, 4.69) is 20.0 Å². The summed E-state index contributed by atoms with van der Waals surface area (Å²) >= 11 is 0. The zero-order valence-electron chi connectivity index (χ0n) is 15.6. The average molecular weight is 419 g/mol. The molecule has 0 aliphatic carbocycles. The molecule has 1 aliphatic heterocycles. The van der Waals surface area contributed by atoms with E-state index in [-0.39, 0.29) is 17.7 Å². The van der Waals surface area contributed by atoms with Gasteiger partial charge in [0, 0.05) is 36.8 Å². The first-order valence-corrected chi connectivity index (χ1v) is 9.19. The van der Waals surface area contributed by atoms with E-state index in [4.69, 9.17) is 4.74 Å². The second-order valence-electron chi connectivity index (χ2n) is 6.76. The maximum absolute atomic E-state index is 13.9. The number of aromatic nitrogens is 2. The van der Waals surface area contributed by atoms with Gasteiger partial charge < -0.3 is 14.8 Å². The summed E-state index contributed by atoms with van der Waals surface area (Å²) in [6.45, 7) is 1.02. The predicted octanol–water partition coefficient (Wildman–Crippen LogP) is 4.27. The van der Waals surface area contributed by atoms with E-state index in [1.807, 2.05) is 6.07 Å². The molecule has 0 spiro atoms. The molecule has 2 aromatic heterocycles. The number of fused-ring (bicyclic) bond motifs is 1. The number of hydrogen-bond acceptors (Lipinski definition) is 5. The van der Waals surface area contributed by atoms with E-state index >= 15 is 0 Å². The van der Waals surface area contributed by atoms with Gasteiger partial charge in [0.2, 0.25) is 0 Å². The molecule has 4 rings (SSSR count). The van der Waals surface area contributed by atoms with Crippen LogP contribution in [0.15, 0.2) is 54.9 Å². The summed E-state index contributed by atoms with van der Waals surface area (Å²) in [6, 6.07) is 10.2. The molecule has 30 heavy (non-hydrogen) atoms. The van der Waals surface area contributed by atoms with E-state index < -0.39 is 6.36 Å². The van der Waals surface area contributed by atoms with Crippen molar-refractivity contribution < 1.29 is 27.0 Å². The van der Waals surface area contributed by atoms with Crippen molar-refractivity contribution in [3.63, 3.8) is 0 Å². The lowest BCUT2D eigenvalue weighted by Crippen LogP contribution is -2.30. The van der Waals surface area contributed by atoms with Crippen LogP contribution >= 0.6 is 0 Å². The topological polar surface area (TPSA) is 56.3 Å². The molecule has 5 nitrogen and oxygen atoms in total. The first-order valence-electron chi connectivity index (χ1n) is 9.19. The number of ether oxygens (including phenoxy) is 2. The minimum absolute atomic E-state index is 0.296. The summed E-state index contributed by atoms with van der Waals surface area (Å²) in [5, 5.41) is 3.26. The third-order valence-electron chi connectivity index (χ3n) is 4.57. The number of alkyl halides is 3. The van der Waals surface area contributed by atoms with Gasteiger partial charge in [-0.15, -0.1) is 13.2 Å². The SMILES string of the molecule is Fc1cccnc1CC1CNCc2cc(-c3ccc(OC(F)(F)F)cc3)ncc2O1. The highest BCUT2D eigenvalue weighted by molar-refractivity contribution is 5.62. The molecule has 1 atom stereocenters. The van der Waals surface area contributed by atoms with Gasteiger partial charge in [0.1, 0.15) is 23.4 Å². The molecule has 1 N–H and O–H groups in total. The number of rotatable bonds is 4. The van der Waals surface area contributed by atoms with Gasteiger partial charge in [-0.2, -0.15) is 0 Å². The van der Waals surface area contributed by atoms with Crippen LogP contribution in [-0.2, 0) is 13.0 Å². The van der Waals surface area contributed by atoms with Crippen LogP contribution in [0, 0.1) is 5.82 Å². The summed E-state index contributed by atoms with van der Waals surface area (Å²) in [7, 11) is 0. The number of halogens is 4. The molecule has 0 saturated heterocycles. The fraction of sp³-hybridized carbons (Fsp3) is 0.238. The van der Waals surface area contributed by atoms with Crippen LogP contribution < -0.4 is 14.8 Å². The minimum Gasteiger partial charge on any atom is -0.487 e. The monoisotopic (exact) mass is 419 g/mol. The second kappa shape index (κ2) is 8.27. The summed E-state index contributed by atoms with van der Waals surface area (Å²) in [4.78, 5) is 8.42. The molecule has 0 bridgehead atoms. The van der Waals surface area contributed by atoms with Gasteiger partial charge >= 0.3 is 6.36 Å². The lowest BCUT2D eigenvalue weighted by Gasteiger charge is -2.17. The molecule has 0 amide bonds. The van der Waals surface area contributed by atoms with Gasteiger partial charge in [0.05, 0.1) is 17.6 Å². The maximum atomic E-state index is 13.9. The third kappa shape index (κ3) is 4.85. The molecular weight excluding hydrogens is 402 g/mol. The van der Waals surface area contributed by atoms with E-state index in [9.17, 15) is 17.6 Å². The predicted molar refractivity (Wildman–Crippen MR) is 100 cm³/mol. The molecule has 0 radical (unpaired) electrons. The fourth-order valence-corrected chi connectivity index (χ4v) is 3.20. The number of nitrogens with one attached hydrogen (secondary N) is 1. The summed E-state index contributed by atoms with van der Waals surface area (Å²) in [5.41, 5.74) is 2.41. The Bertz CT molecular complexity index is 1030. The minimum atomic E-state index is -4.73. The van der Waals surface area contributed by atoms with Gasteiger partial charge in [-0.3, -0.25) is 9.97 Å². The van der Waals surface area contributed by atoms with Crippen molar-refractivity contribution in [3.05, 3.63) is 71.9 Å². The lowest BCUT2D eigenvalue weighted by atomic mass is 10.1. The molecule has 1 aromatic carbocycles. The van der Waals surface area contributed by atoms with Gasteiger partial charge in [-0.25, -0.2) is 4.39 Å². The maximum Gasteiger partial charge on any atom is 0.573 e. The Morgan fingerprint density at radius 1 is 1.13 bits per heavy atom. The van der Waals surface area contributed by atoms with Crippen LogP contribution in [0.1, 0.15) is 11.3 Å². The van der Waals surface area contributed by atoms with Crippen LogP contribution in [0.4, 0.5) is 17.6 Å². The van der Waals surface area contributed by atoms with E-state index in [0.29, 0.717) is 42.2 Å². The number of nitrogens with zero attached hydrogens (tertiary/aromatic N) is 2. The molecule has 1 unspecified atom stereocenters. The molecule has 9 heteroatoms. The highest BCUT2D eigenvalue weighted by atomic mass is 19.4. The van der Waals surface area contributed by atoms with E-state index in [1.165, 1.54) is 42.6 Å². The van der Waals surface area contributed by atoms with Crippen LogP contribution in [0.2, 0.25) is 0 Å². The highest BCUT2D eigenvalue weighted by Crippen LogP contribution is 2.29.